The summed E-state index contributed by atoms with van der Waals surface area (Å²) in [5, 5.41) is 2.64. The molecule has 0 aromatic heterocycles. The van der Waals surface area contributed by atoms with Crippen LogP contribution in [0.25, 0.3) is 0 Å². The summed E-state index contributed by atoms with van der Waals surface area (Å²) >= 11 is 0. The number of para-hydroxylation sites is 1. The largest absolute Gasteiger partial charge is 0.495 e. The number of carbonyl (C=O) groups is 1. The summed E-state index contributed by atoms with van der Waals surface area (Å²) in [6, 6.07) is 16.5. The number of carbonyl (C=O) groups excluding carboxylic acids is 1. The summed E-state index contributed by atoms with van der Waals surface area (Å²) in [4.78, 5) is 13.2. The number of anilines is 2. The summed E-state index contributed by atoms with van der Waals surface area (Å²) < 4.78 is 72.3. The molecule has 0 aliphatic carbocycles. The Morgan fingerprint density at radius 1 is 0.780 bits per heavy atom. The van der Waals surface area contributed by atoms with E-state index in [0.29, 0.717) is 18.8 Å². The zero-order valence-electron chi connectivity index (χ0n) is 23.1. The normalized spacial score (nSPS) is 14.2. The average molecular weight is 604 g/mol. The van der Waals surface area contributed by atoms with Gasteiger partial charge in [0.2, 0.25) is 15.9 Å². The van der Waals surface area contributed by atoms with E-state index in [4.69, 9.17) is 14.2 Å². The molecule has 0 spiro atoms. The third-order valence-electron chi connectivity index (χ3n) is 6.67. The van der Waals surface area contributed by atoms with Crippen molar-refractivity contribution in [2.45, 2.75) is 29.1 Å². The van der Waals surface area contributed by atoms with Crippen LogP contribution in [0.5, 0.6) is 17.2 Å². The van der Waals surface area contributed by atoms with Crippen LogP contribution in [-0.2, 0) is 24.8 Å². The highest BCUT2D eigenvalue weighted by atomic mass is 32.2. The van der Waals surface area contributed by atoms with Crippen molar-refractivity contribution in [2.75, 3.05) is 50.6 Å². The van der Waals surface area contributed by atoms with E-state index in [1.165, 1.54) is 62.0 Å². The molecule has 3 aromatic carbocycles. The fourth-order valence-electron chi connectivity index (χ4n) is 4.53. The minimum atomic E-state index is -4.26. The van der Waals surface area contributed by atoms with Crippen molar-refractivity contribution in [3.05, 3.63) is 66.7 Å². The second-order valence-corrected chi connectivity index (χ2v) is 13.0. The molecule has 1 N–H and O–H groups in total. The van der Waals surface area contributed by atoms with Crippen molar-refractivity contribution in [2.24, 2.45) is 0 Å². The van der Waals surface area contributed by atoms with Gasteiger partial charge in [0.25, 0.3) is 10.0 Å². The molecular weight excluding hydrogens is 570 g/mol. The smallest absolute Gasteiger partial charge is 0.264 e. The Morgan fingerprint density at radius 3 is 2.02 bits per heavy atom. The maximum absolute atomic E-state index is 13.8. The fraction of sp³-hybridized carbons (Fsp3) is 0.321. The van der Waals surface area contributed by atoms with Gasteiger partial charge in [0.15, 0.2) is 11.5 Å². The summed E-state index contributed by atoms with van der Waals surface area (Å²) in [6.07, 6.45) is 2.53. The van der Waals surface area contributed by atoms with Crippen molar-refractivity contribution in [1.29, 1.82) is 0 Å². The molecule has 1 aliphatic heterocycles. The van der Waals surface area contributed by atoms with Crippen molar-refractivity contribution in [3.8, 4) is 17.2 Å². The molecule has 220 valence electrons. The molecule has 0 atom stereocenters. The molecule has 0 bridgehead atoms. The first kappa shape index (κ1) is 30.2. The standard InChI is InChI=1S/C28H33N3O8S2/c1-37-25-14-12-22(40(33,34)30-16-8-5-9-17-30)18-24(25)29-28(32)20-31(21-10-6-4-7-11-21)41(35,36)23-13-15-26(38-2)27(19-23)39-3/h4,6-7,10-15,18-19H,5,8-9,16-17,20H2,1-3H3,(H,29,32). The zero-order valence-corrected chi connectivity index (χ0v) is 24.7. The van der Waals surface area contributed by atoms with E-state index in [-0.39, 0.29) is 32.7 Å². The van der Waals surface area contributed by atoms with E-state index in [2.05, 4.69) is 5.32 Å². The van der Waals surface area contributed by atoms with E-state index in [1.807, 2.05) is 0 Å². The SMILES string of the molecule is COc1ccc(S(=O)(=O)N2CCCCC2)cc1NC(=O)CN(c1ccccc1)S(=O)(=O)c1ccc(OC)c(OC)c1. The highest BCUT2D eigenvalue weighted by Gasteiger charge is 2.30. The Bertz CT molecular complexity index is 1590. The molecule has 0 saturated carbocycles. The van der Waals surface area contributed by atoms with Gasteiger partial charge in [-0.2, -0.15) is 4.31 Å². The molecule has 1 fully saturated rings. The molecule has 1 aliphatic rings. The maximum atomic E-state index is 13.8. The van der Waals surface area contributed by atoms with Crippen molar-refractivity contribution in [3.63, 3.8) is 0 Å². The molecule has 1 heterocycles. The van der Waals surface area contributed by atoms with Crippen LogP contribution < -0.4 is 23.8 Å². The highest BCUT2D eigenvalue weighted by molar-refractivity contribution is 7.92. The third kappa shape index (κ3) is 6.58. The monoisotopic (exact) mass is 603 g/mol. The average Bonchev–Trinajstić information content (AvgIpc) is 3.00. The van der Waals surface area contributed by atoms with Gasteiger partial charge in [-0.25, -0.2) is 16.8 Å². The second kappa shape index (κ2) is 12.8. The first-order chi connectivity index (χ1) is 19.6. The second-order valence-electron chi connectivity index (χ2n) is 9.24. The van der Waals surface area contributed by atoms with Crippen LogP contribution in [0.3, 0.4) is 0 Å². The summed E-state index contributed by atoms with van der Waals surface area (Å²) in [5.41, 5.74) is 0.359. The number of hydrogen-bond acceptors (Lipinski definition) is 8. The van der Waals surface area contributed by atoms with Gasteiger partial charge in [0.05, 0.1) is 42.5 Å². The van der Waals surface area contributed by atoms with Crippen molar-refractivity contribution in [1.82, 2.24) is 4.31 Å². The molecule has 41 heavy (non-hydrogen) atoms. The van der Waals surface area contributed by atoms with Crippen LogP contribution in [-0.4, -0.2) is 68.0 Å². The minimum Gasteiger partial charge on any atom is -0.495 e. The van der Waals surface area contributed by atoms with Gasteiger partial charge in [-0.15, -0.1) is 0 Å². The number of benzene rings is 3. The first-order valence-electron chi connectivity index (χ1n) is 12.9. The Balaban J connectivity index is 1.66. The maximum Gasteiger partial charge on any atom is 0.264 e. The van der Waals surface area contributed by atoms with Crippen LogP contribution in [0.1, 0.15) is 19.3 Å². The van der Waals surface area contributed by atoms with E-state index < -0.39 is 32.5 Å². The Kier molecular flexibility index (Phi) is 9.41. The molecule has 1 saturated heterocycles. The zero-order chi connectivity index (χ0) is 29.6. The molecule has 0 unspecified atom stereocenters. The minimum absolute atomic E-state index is 0.00775. The number of methoxy groups -OCH3 is 3. The van der Waals surface area contributed by atoms with Gasteiger partial charge in [-0.3, -0.25) is 9.10 Å². The van der Waals surface area contributed by atoms with E-state index in [1.54, 1.807) is 30.3 Å². The summed E-state index contributed by atoms with van der Waals surface area (Å²) in [6.45, 7) is 0.249. The fourth-order valence-corrected chi connectivity index (χ4v) is 7.51. The van der Waals surface area contributed by atoms with E-state index in [9.17, 15) is 21.6 Å². The highest BCUT2D eigenvalue weighted by Crippen LogP contribution is 2.33. The third-order valence-corrected chi connectivity index (χ3v) is 10.3. The molecule has 4 rings (SSSR count). The number of nitrogens with zero attached hydrogens (tertiary/aromatic N) is 2. The lowest BCUT2D eigenvalue weighted by Gasteiger charge is -2.26. The lowest BCUT2D eigenvalue weighted by molar-refractivity contribution is -0.114. The number of piperidine rings is 1. The van der Waals surface area contributed by atoms with Gasteiger partial charge in [0.1, 0.15) is 12.3 Å². The van der Waals surface area contributed by atoms with Gasteiger partial charge in [-0.05, 0) is 55.3 Å². The van der Waals surface area contributed by atoms with Crippen LogP contribution >= 0.6 is 0 Å². The van der Waals surface area contributed by atoms with Crippen LogP contribution in [0, 0.1) is 0 Å². The van der Waals surface area contributed by atoms with Gasteiger partial charge < -0.3 is 19.5 Å². The number of sulfonamides is 2. The predicted molar refractivity (Wildman–Crippen MR) is 155 cm³/mol. The Labute approximate surface area is 240 Å². The molecule has 11 nitrogen and oxygen atoms in total. The van der Waals surface area contributed by atoms with Gasteiger partial charge >= 0.3 is 0 Å². The van der Waals surface area contributed by atoms with Crippen molar-refractivity contribution >= 4 is 37.3 Å². The number of nitrogens with one attached hydrogen (secondary N) is 1. The van der Waals surface area contributed by atoms with E-state index in [0.717, 1.165) is 23.6 Å². The van der Waals surface area contributed by atoms with Crippen LogP contribution in [0.2, 0.25) is 0 Å². The van der Waals surface area contributed by atoms with Crippen molar-refractivity contribution < 1.29 is 35.8 Å². The Morgan fingerprint density at radius 2 is 1.39 bits per heavy atom. The molecule has 1 amide bonds. The van der Waals surface area contributed by atoms with Crippen LogP contribution in [0.4, 0.5) is 11.4 Å². The number of rotatable bonds is 11. The molecule has 3 aromatic rings. The number of amides is 1. The van der Waals surface area contributed by atoms with E-state index >= 15 is 0 Å². The predicted octanol–water partition coefficient (Wildman–Crippen LogP) is 3.72. The molecular formula is C28H33N3O8S2. The van der Waals surface area contributed by atoms with Crippen LogP contribution in [0.15, 0.2) is 76.5 Å². The summed E-state index contributed by atoms with van der Waals surface area (Å²) in [5.74, 6) is 0.0816. The molecule has 13 heteroatoms. The summed E-state index contributed by atoms with van der Waals surface area (Å²) in [7, 11) is -3.82. The quantitative estimate of drug-likeness (QED) is 0.351. The Hall–Kier alpha value is -3.81. The van der Waals surface area contributed by atoms with Gasteiger partial charge in [-0.1, -0.05) is 24.6 Å². The van der Waals surface area contributed by atoms with Gasteiger partial charge in [0, 0.05) is 19.2 Å². The first-order valence-corrected chi connectivity index (χ1v) is 15.8. The number of ether oxygens (including phenoxy) is 3. The topological polar surface area (TPSA) is 132 Å². The number of hydrogen-bond donors (Lipinski definition) is 1. The molecule has 0 radical (unpaired) electrons. The lowest BCUT2D eigenvalue weighted by Crippen LogP contribution is -2.38. The lowest BCUT2D eigenvalue weighted by atomic mass is 10.2.